The maximum atomic E-state index is 10.1. The van der Waals surface area contributed by atoms with Crippen LogP contribution in [0.1, 0.15) is 6.92 Å². The smallest absolute Gasteiger partial charge is 0.322 e. The lowest BCUT2D eigenvalue weighted by molar-refractivity contribution is -0.135. The Kier molecular flexibility index (Phi) is 5.34. The van der Waals surface area contributed by atoms with Crippen molar-refractivity contribution in [3.05, 3.63) is 24.0 Å². The van der Waals surface area contributed by atoms with Gasteiger partial charge in [0.1, 0.15) is 6.54 Å². The van der Waals surface area contributed by atoms with Crippen molar-refractivity contribution < 1.29 is 9.90 Å². The first-order chi connectivity index (χ1) is 5.70. The van der Waals surface area contributed by atoms with Crippen molar-refractivity contribution in [2.45, 2.75) is 6.92 Å². The Balaban J connectivity index is 3.93. The fourth-order valence-electron chi connectivity index (χ4n) is 0.568. The Hall–Kier alpha value is -1.58. The predicted octanol–water partition coefficient (Wildman–Crippen LogP) is 0.779. The van der Waals surface area contributed by atoms with Crippen molar-refractivity contribution in [2.24, 2.45) is 4.99 Å². The molecule has 66 valence electrons. The number of hydrogen-bond acceptors (Lipinski definition) is 3. The van der Waals surface area contributed by atoms with E-state index in [2.05, 4.69) is 17.0 Å². The molecule has 0 unspecified atom stereocenters. The van der Waals surface area contributed by atoms with Gasteiger partial charge in [0.05, 0.1) is 0 Å². The minimum atomic E-state index is -0.894. The Morgan fingerprint density at radius 3 is 2.83 bits per heavy atom. The molecule has 2 N–H and O–H groups in total. The van der Waals surface area contributed by atoms with E-state index in [1.54, 1.807) is 19.1 Å². The van der Waals surface area contributed by atoms with Crippen molar-refractivity contribution in [3.8, 4) is 0 Å². The van der Waals surface area contributed by atoms with Crippen LogP contribution in [-0.2, 0) is 4.79 Å². The molecular formula is C8H12N2O2. The molecule has 0 saturated carbocycles. The van der Waals surface area contributed by atoms with Gasteiger partial charge in [-0.3, -0.25) is 9.79 Å². The quantitative estimate of drug-likeness (QED) is 0.471. The van der Waals surface area contributed by atoms with Crippen LogP contribution in [0, 0.1) is 0 Å². The number of nitrogens with one attached hydrogen (secondary N) is 1. The SMILES string of the molecule is C=N/C=C\C(=C/C)NCC(=O)O. The zero-order valence-corrected chi connectivity index (χ0v) is 6.95. The minimum absolute atomic E-state index is 0.0961. The van der Waals surface area contributed by atoms with Gasteiger partial charge in [0.2, 0.25) is 0 Å². The molecule has 0 aromatic rings. The van der Waals surface area contributed by atoms with Gasteiger partial charge in [0, 0.05) is 11.9 Å². The molecule has 0 saturated heterocycles. The average Bonchev–Trinajstić information content (AvgIpc) is 2.05. The molecule has 0 fully saturated rings. The molecule has 0 spiro atoms. The Labute approximate surface area is 71.3 Å². The summed E-state index contributed by atoms with van der Waals surface area (Å²) in [4.78, 5) is 13.6. The van der Waals surface area contributed by atoms with Gasteiger partial charge in [-0.25, -0.2) is 0 Å². The lowest BCUT2D eigenvalue weighted by atomic mass is 10.4. The highest BCUT2D eigenvalue weighted by molar-refractivity contribution is 5.69. The second-order valence-corrected chi connectivity index (χ2v) is 1.99. The normalized spacial score (nSPS) is 11.6. The van der Waals surface area contributed by atoms with E-state index in [0.29, 0.717) is 5.70 Å². The predicted molar refractivity (Wildman–Crippen MR) is 48.1 cm³/mol. The van der Waals surface area contributed by atoms with Crippen LogP contribution in [-0.4, -0.2) is 24.3 Å². The molecular weight excluding hydrogens is 156 g/mol. The summed E-state index contributed by atoms with van der Waals surface area (Å²) in [6.45, 7) is 4.96. The van der Waals surface area contributed by atoms with Gasteiger partial charge >= 0.3 is 5.97 Å². The Morgan fingerprint density at radius 1 is 1.75 bits per heavy atom. The van der Waals surface area contributed by atoms with Gasteiger partial charge < -0.3 is 10.4 Å². The van der Waals surface area contributed by atoms with E-state index < -0.39 is 5.97 Å². The van der Waals surface area contributed by atoms with Crippen molar-refractivity contribution in [2.75, 3.05) is 6.54 Å². The van der Waals surface area contributed by atoms with Crippen molar-refractivity contribution in [3.63, 3.8) is 0 Å². The lowest BCUT2D eigenvalue weighted by Crippen LogP contribution is -2.20. The Bertz CT molecular complexity index is 219. The monoisotopic (exact) mass is 168 g/mol. The molecule has 0 aliphatic rings. The first kappa shape index (κ1) is 10.4. The number of carboxylic acids is 1. The van der Waals surface area contributed by atoms with Crippen molar-refractivity contribution in [1.82, 2.24) is 5.32 Å². The first-order valence-corrected chi connectivity index (χ1v) is 3.45. The van der Waals surface area contributed by atoms with Crippen LogP contribution in [0.15, 0.2) is 29.0 Å². The number of carboxylic acid groups (broad SMARTS) is 1. The molecule has 12 heavy (non-hydrogen) atoms. The zero-order chi connectivity index (χ0) is 9.40. The minimum Gasteiger partial charge on any atom is -0.480 e. The van der Waals surface area contributed by atoms with Crippen LogP contribution in [0.4, 0.5) is 0 Å². The summed E-state index contributed by atoms with van der Waals surface area (Å²) in [6.07, 6.45) is 4.89. The van der Waals surface area contributed by atoms with Gasteiger partial charge in [-0.1, -0.05) is 6.08 Å². The van der Waals surface area contributed by atoms with Crippen LogP contribution >= 0.6 is 0 Å². The van der Waals surface area contributed by atoms with Crippen molar-refractivity contribution >= 4 is 12.7 Å². The summed E-state index contributed by atoms with van der Waals surface area (Å²) in [6, 6.07) is 0. The number of aliphatic carboxylic acids is 1. The molecule has 4 heteroatoms. The summed E-state index contributed by atoms with van der Waals surface area (Å²) in [5.74, 6) is -0.894. The maximum absolute atomic E-state index is 10.1. The molecule has 0 amide bonds. The third-order valence-corrected chi connectivity index (χ3v) is 1.11. The molecule has 0 aromatic heterocycles. The fraction of sp³-hybridized carbons (Fsp3) is 0.250. The van der Waals surface area contributed by atoms with Crippen LogP contribution < -0.4 is 5.32 Å². The van der Waals surface area contributed by atoms with Crippen molar-refractivity contribution in [1.29, 1.82) is 0 Å². The van der Waals surface area contributed by atoms with Gasteiger partial charge in [-0.05, 0) is 19.7 Å². The highest BCUT2D eigenvalue weighted by Gasteiger charge is 1.94. The largest absolute Gasteiger partial charge is 0.480 e. The number of carbonyl (C=O) groups is 1. The highest BCUT2D eigenvalue weighted by Crippen LogP contribution is 1.90. The molecule has 0 bridgehead atoms. The second-order valence-electron chi connectivity index (χ2n) is 1.99. The lowest BCUT2D eigenvalue weighted by Gasteiger charge is -2.01. The number of hydrogen-bond donors (Lipinski definition) is 2. The standard InChI is InChI=1S/C8H12N2O2/c1-3-7(4-5-9-2)10-6-8(11)12/h3-5,10H,2,6H2,1H3,(H,11,12)/b5-4-,7-3+. The number of allylic oxidation sites excluding steroid dienone is 2. The third-order valence-electron chi connectivity index (χ3n) is 1.11. The van der Waals surface area contributed by atoms with E-state index in [-0.39, 0.29) is 6.54 Å². The molecule has 0 aliphatic heterocycles. The molecule has 4 nitrogen and oxygen atoms in total. The summed E-state index contributed by atoms with van der Waals surface area (Å²) < 4.78 is 0. The molecule has 0 atom stereocenters. The highest BCUT2D eigenvalue weighted by atomic mass is 16.4. The van der Waals surface area contributed by atoms with E-state index >= 15 is 0 Å². The van der Waals surface area contributed by atoms with Gasteiger partial charge in [-0.2, -0.15) is 0 Å². The fourth-order valence-corrected chi connectivity index (χ4v) is 0.568. The van der Waals surface area contributed by atoms with Crippen LogP contribution in [0.2, 0.25) is 0 Å². The van der Waals surface area contributed by atoms with Gasteiger partial charge in [-0.15, -0.1) is 0 Å². The molecule has 0 aliphatic carbocycles. The molecule has 0 radical (unpaired) electrons. The van der Waals surface area contributed by atoms with E-state index in [9.17, 15) is 4.79 Å². The number of aliphatic imine (C=N–C) groups is 1. The van der Waals surface area contributed by atoms with Crippen LogP contribution in [0.25, 0.3) is 0 Å². The summed E-state index contributed by atoms with van der Waals surface area (Å²) in [5.41, 5.74) is 0.713. The van der Waals surface area contributed by atoms with Gasteiger partial charge in [0.25, 0.3) is 0 Å². The Morgan fingerprint density at radius 2 is 2.42 bits per heavy atom. The van der Waals surface area contributed by atoms with E-state index in [1.165, 1.54) is 6.20 Å². The van der Waals surface area contributed by atoms with Crippen LogP contribution in [0.5, 0.6) is 0 Å². The van der Waals surface area contributed by atoms with Gasteiger partial charge in [0.15, 0.2) is 0 Å². The van der Waals surface area contributed by atoms with E-state index in [0.717, 1.165) is 0 Å². The van der Waals surface area contributed by atoms with E-state index in [1.807, 2.05) is 0 Å². The molecule has 0 rings (SSSR count). The zero-order valence-electron chi connectivity index (χ0n) is 6.95. The second kappa shape index (κ2) is 6.15. The van der Waals surface area contributed by atoms with Crippen LogP contribution in [0.3, 0.4) is 0 Å². The first-order valence-electron chi connectivity index (χ1n) is 3.45. The molecule has 0 heterocycles. The maximum Gasteiger partial charge on any atom is 0.322 e. The van der Waals surface area contributed by atoms with E-state index in [4.69, 9.17) is 5.11 Å². The summed E-state index contributed by atoms with van der Waals surface area (Å²) >= 11 is 0. The number of rotatable bonds is 5. The summed E-state index contributed by atoms with van der Waals surface area (Å²) in [7, 11) is 0. The average molecular weight is 168 g/mol. The third kappa shape index (κ3) is 5.22. The summed E-state index contributed by atoms with van der Waals surface area (Å²) in [5, 5.41) is 11.0. The topological polar surface area (TPSA) is 61.7 Å². The molecule has 0 aromatic carbocycles. The number of nitrogens with zero attached hydrogens (tertiary/aromatic N) is 1.